The number of ether oxygens (including phenoxy) is 6. The number of quaternary nitrogens is 2. The van der Waals surface area contributed by atoms with Crippen LogP contribution in [-0.2, 0) is 102 Å². The van der Waals surface area contributed by atoms with Crippen molar-refractivity contribution in [2.24, 2.45) is 17.2 Å². The van der Waals surface area contributed by atoms with E-state index in [1.54, 1.807) is 72.8 Å². The van der Waals surface area contributed by atoms with E-state index >= 15 is 0 Å². The molecule has 29 nitrogen and oxygen atoms in total. The van der Waals surface area contributed by atoms with Gasteiger partial charge in [-0.1, -0.05) is 112 Å². The van der Waals surface area contributed by atoms with E-state index in [-0.39, 0.29) is 95.4 Å². The van der Waals surface area contributed by atoms with E-state index in [0.29, 0.717) is 153 Å². The minimum atomic E-state index is -5.08. The van der Waals surface area contributed by atoms with Crippen LogP contribution in [0.15, 0.2) is 124 Å². The van der Waals surface area contributed by atoms with Gasteiger partial charge in [-0.25, -0.2) is 44.4 Å². The summed E-state index contributed by atoms with van der Waals surface area (Å²) in [6.07, 6.45) is -3.47. The topological polar surface area (TPSA) is 427 Å². The largest absolute Gasteiger partial charge is 1.00 e. The molecule has 6 aromatic carbocycles. The third kappa shape index (κ3) is 46.3. The second-order valence-electron chi connectivity index (χ2n) is 29.8. The zero-order valence-electron chi connectivity index (χ0n) is 73.4. The molecule has 0 spiro atoms. The van der Waals surface area contributed by atoms with Crippen molar-refractivity contribution in [3.63, 3.8) is 0 Å². The van der Waals surface area contributed by atoms with Crippen molar-refractivity contribution in [3.05, 3.63) is 189 Å². The van der Waals surface area contributed by atoms with E-state index in [1.165, 1.54) is 9.80 Å². The second-order valence-corrected chi connectivity index (χ2v) is 38.4. The molecular formula is C86H119Cl8F6N9O20S3. The van der Waals surface area contributed by atoms with E-state index < -0.39 is 54.0 Å². The highest BCUT2D eigenvalue weighted by Crippen LogP contribution is 2.41. The van der Waals surface area contributed by atoms with Crippen LogP contribution >= 0.6 is 69.6 Å². The number of likely N-dealkylation sites (N-methyl/N-ethyl adjacent to an activating group) is 3. The maximum Gasteiger partial charge on any atom is 0.490 e. The van der Waals surface area contributed by atoms with E-state index in [0.717, 1.165) is 135 Å². The van der Waals surface area contributed by atoms with Crippen LogP contribution in [-0.4, -0.2) is 261 Å². The Kier molecular flexibility index (Phi) is 61.5. The Hall–Kier alpha value is -6.23. The first kappa shape index (κ1) is 124. The Morgan fingerprint density at radius 2 is 0.811 bits per heavy atom. The number of alkyl halides is 6. The number of carbonyl (C=O) groups is 6. The molecular weight excluding hydrogens is 1970 g/mol. The first-order chi connectivity index (χ1) is 61.6. The second kappa shape index (κ2) is 65.5. The molecule has 3 aliphatic rings. The number of fused-ring (bicyclic) bond motifs is 3. The van der Waals surface area contributed by atoms with Gasteiger partial charge in [0, 0.05) is 109 Å². The lowest BCUT2D eigenvalue weighted by molar-refractivity contribution is -0.897. The molecule has 3 heterocycles. The highest BCUT2D eigenvalue weighted by Gasteiger charge is 2.40. The zero-order chi connectivity index (χ0) is 97.2. The fraction of sp³-hybridized carbons (Fsp3) is 0.512. The maximum atomic E-state index is 13.3. The van der Waals surface area contributed by atoms with Gasteiger partial charge in [0.25, 0.3) is 0 Å². The van der Waals surface area contributed by atoms with Crippen LogP contribution in [0.2, 0.25) is 30.1 Å². The molecule has 0 radical (unpaired) electrons. The number of nitrogens with two attached hydrogens (primary N) is 3. The lowest BCUT2D eigenvalue weighted by Gasteiger charge is -2.33. The van der Waals surface area contributed by atoms with E-state index in [9.17, 15) is 61.2 Å². The lowest BCUT2D eigenvalue weighted by atomic mass is 9.85. The first-order valence-electron chi connectivity index (χ1n) is 41.4. The molecule has 9 rings (SSSR count). The molecule has 0 aliphatic carbocycles. The number of rotatable bonds is 45. The number of benzene rings is 6. The van der Waals surface area contributed by atoms with Gasteiger partial charge in [0.15, 0.2) is 19.7 Å². The standard InChI is InChI=1S/C53H69Cl4N5O10S2.C23H30Cl2N2O4S.C4H12N2.2C2HF3O2.2CH2O.2ClH/c1-61-34-47(45-30-40(54)32-51(56)49(45)36-61)38-10-6-14-43(28-38)73(65,66)27-9-20-70-24-25-71-21-17-59-53(64)58-16-5-3-4-12-42(63)13-8-19-69-23-26-72-22-18-60-74(67,68)44-15-7-11-39(29-44)48-35-62(2)37-50-46(48)31-41(55)33-52(50)57;1-27-15-21(20-13-18(24)14-23(25)22(20)16-27)17-4-2-5-19(12-17)32(28,29)11-3-7-30-9-10-31-8-6-26;5-3-1-2-4-6;2*3-2(4,5)1(6)7;2*1-2;;/h6-7,10-11,14-15,28-33,47-48,60H,3-5,8-9,12-13,16-27,34-37H2,1-2H3,(H2,58,59,64);2,4-5,12-14,21H,3,6-11,15-16,26H2,1H3;1-6H2;2*(H,6,7);2*1H2;2*1H/t47-,48-;21-;;;;;;;/m00......./s1. The van der Waals surface area contributed by atoms with Crippen molar-refractivity contribution in [1.82, 2.24) is 20.3 Å². The molecule has 132 heavy (non-hydrogen) atoms. The third-order valence-electron chi connectivity index (χ3n) is 19.7. The fourth-order valence-electron chi connectivity index (χ4n) is 13.6. The maximum absolute atomic E-state index is 13.3. The van der Waals surface area contributed by atoms with Gasteiger partial charge in [-0.3, -0.25) is 4.79 Å². The third-order valence-corrected chi connectivity index (χ3v) is 26.4. The minimum absolute atomic E-state index is 0. The summed E-state index contributed by atoms with van der Waals surface area (Å²) in [5.74, 6) is -5.44. The lowest BCUT2D eigenvalue weighted by Crippen LogP contribution is -3.09. The van der Waals surface area contributed by atoms with Crippen LogP contribution in [0.1, 0.15) is 132 Å². The van der Waals surface area contributed by atoms with Crippen LogP contribution in [0.25, 0.3) is 0 Å². The summed E-state index contributed by atoms with van der Waals surface area (Å²) in [4.78, 5) is 63.8. The first-order valence-corrected chi connectivity index (χ1v) is 48.5. The Bertz CT molecular complexity index is 4620. The molecule has 3 aliphatic heterocycles. The van der Waals surface area contributed by atoms with Crippen LogP contribution in [0, 0.1) is 0 Å². The zero-order valence-corrected chi connectivity index (χ0v) is 81.9. The van der Waals surface area contributed by atoms with Gasteiger partial charge in [-0.05, 0) is 177 Å². The van der Waals surface area contributed by atoms with Crippen molar-refractivity contribution in [1.29, 1.82) is 0 Å². The van der Waals surface area contributed by atoms with E-state index in [1.807, 2.05) is 57.0 Å². The predicted molar refractivity (Wildman–Crippen MR) is 487 cm³/mol. The summed E-state index contributed by atoms with van der Waals surface area (Å²) in [6.45, 7) is 15.7. The summed E-state index contributed by atoms with van der Waals surface area (Å²) in [5.41, 5.74) is 24.6. The van der Waals surface area contributed by atoms with Crippen molar-refractivity contribution in [3.8, 4) is 0 Å². The van der Waals surface area contributed by atoms with Crippen LogP contribution < -0.4 is 67.2 Å². The highest BCUT2D eigenvalue weighted by atomic mass is 35.5. The van der Waals surface area contributed by atoms with Crippen LogP contribution in [0.5, 0.6) is 0 Å². The fourth-order valence-corrected chi connectivity index (χ4v) is 19.1. The normalized spacial score (nSPS) is 15.6. The number of halogens is 14. The van der Waals surface area contributed by atoms with Gasteiger partial charge in [0.1, 0.15) is 32.5 Å². The number of amides is 2. The van der Waals surface area contributed by atoms with E-state index in [4.69, 9.17) is 145 Å². The molecule has 5 atom stereocenters. The molecule has 0 bridgehead atoms. The number of sulfone groups is 2. The summed E-state index contributed by atoms with van der Waals surface area (Å²) in [7, 11) is -4.51. The summed E-state index contributed by atoms with van der Waals surface area (Å²) < 4.78 is 178. The molecule has 2 amide bonds. The number of carboxylic acid groups (broad SMARTS) is 2. The summed E-state index contributed by atoms with van der Waals surface area (Å²) >= 11 is 38.5. The van der Waals surface area contributed by atoms with Gasteiger partial charge in [0.05, 0.1) is 135 Å². The molecule has 744 valence electrons. The van der Waals surface area contributed by atoms with Gasteiger partial charge in [0.2, 0.25) is 10.0 Å². The van der Waals surface area contributed by atoms with Gasteiger partial charge in [-0.15, -0.1) is 0 Å². The van der Waals surface area contributed by atoms with E-state index in [2.05, 4.69) is 34.4 Å². The van der Waals surface area contributed by atoms with Crippen LogP contribution in [0.4, 0.5) is 31.1 Å². The number of carbonyl (C=O) groups excluding carboxylic acids is 4. The van der Waals surface area contributed by atoms with Gasteiger partial charge < -0.3 is 116 Å². The number of Topliss-reactive ketones (excluding diaryl/α,β-unsaturated/α-hetero) is 1. The number of nitrogens with one attached hydrogen (secondary N) is 5. The Morgan fingerprint density at radius 3 is 1.23 bits per heavy atom. The number of carboxylic acids is 2. The smallest absolute Gasteiger partial charge is 0.490 e. The summed E-state index contributed by atoms with van der Waals surface area (Å²) in [5, 5.41) is 23.4. The number of sulfonamides is 1. The molecule has 0 aromatic heterocycles. The Morgan fingerprint density at radius 1 is 0.455 bits per heavy atom. The molecule has 2 unspecified atom stereocenters. The van der Waals surface area contributed by atoms with Gasteiger partial charge >= 0.3 is 30.3 Å². The van der Waals surface area contributed by atoms with Crippen molar-refractivity contribution in [2.45, 2.75) is 129 Å². The van der Waals surface area contributed by atoms with Crippen molar-refractivity contribution in [2.75, 3.05) is 171 Å². The number of hydrogen-bond acceptors (Lipinski definition) is 22. The number of aliphatic carboxylic acids is 2. The molecule has 13 N–H and O–H groups in total. The summed E-state index contributed by atoms with van der Waals surface area (Å²) in [6, 6.07) is 32.1. The minimum Gasteiger partial charge on any atom is -1.00 e. The monoisotopic (exact) mass is 2090 g/mol. The van der Waals surface area contributed by atoms with Crippen molar-refractivity contribution < 1.29 is 154 Å². The SMILES string of the molecule is C=O.C=O.CN1Cc2c(Cl)cc(Cl)cc2[C@H](c2cccc(S(=O)(=O)CCCOCCOCCN)c2)C1.C[NH+]1Cc2c(Cl)cc(Cl)cc2[C@H](c2cccc(S(=O)(=O)CCCOCCOCCNC(=O)NCCCCCC(=O)CCCOCCOCCNS(=O)(=O)c3cccc([C@@H]4C[NH+](C)Cc5c(Cl)cc(Cl)cc54)c3)c2)C1.NCCCCN.O=C(O)C(F)(F)F.O=C(O)C(F)(F)F.[Cl-].[Cl-]. The number of ketones is 1. The predicted octanol–water partition coefficient (Wildman–Crippen LogP) is 4.35. The number of unbranched alkanes of at least 4 members (excludes halogenated alkanes) is 3. The molecule has 0 fully saturated rings. The Labute approximate surface area is 810 Å². The molecule has 6 aromatic rings. The van der Waals surface area contributed by atoms with Crippen molar-refractivity contribution >= 4 is 137 Å². The number of hydrogen-bond donors (Lipinski definition) is 10. The van der Waals surface area contributed by atoms with Gasteiger partial charge in [-0.2, -0.15) is 26.3 Å². The average Bonchev–Trinajstić information content (AvgIpc) is 0.780. The highest BCUT2D eigenvalue weighted by molar-refractivity contribution is 7.91. The Balaban J connectivity index is 0.00000122. The molecule has 46 heteroatoms. The molecule has 0 saturated heterocycles. The number of urea groups is 1. The quantitative estimate of drug-likeness (QED) is 0.0188. The number of nitrogens with zero attached hydrogens (tertiary/aromatic N) is 1. The van der Waals surface area contributed by atoms with Crippen LogP contribution in [0.3, 0.4) is 0 Å². The molecule has 0 saturated carbocycles. The average molecular weight is 2090 g/mol.